The second-order valence-corrected chi connectivity index (χ2v) is 6.49. The van der Waals surface area contributed by atoms with E-state index >= 15 is 0 Å². The van der Waals surface area contributed by atoms with Crippen LogP contribution in [0.2, 0.25) is 0 Å². The molecule has 0 amide bonds. The first-order valence-electron chi connectivity index (χ1n) is 7.73. The van der Waals surface area contributed by atoms with Crippen LogP contribution in [-0.2, 0) is 0 Å². The lowest BCUT2D eigenvalue weighted by atomic mass is 10.0. The van der Waals surface area contributed by atoms with E-state index in [1.807, 2.05) is 0 Å². The van der Waals surface area contributed by atoms with Gasteiger partial charge in [-0.1, -0.05) is 19.1 Å². The zero-order valence-electron chi connectivity index (χ0n) is 13.3. The molecule has 1 fully saturated rings. The van der Waals surface area contributed by atoms with E-state index < -0.39 is 0 Å². The molecule has 0 spiro atoms. The maximum absolute atomic E-state index is 5.89. The van der Waals surface area contributed by atoms with Crippen LogP contribution in [0.15, 0.2) is 24.3 Å². The van der Waals surface area contributed by atoms with Gasteiger partial charge < -0.3 is 10.1 Å². The largest absolute Gasteiger partial charge is 0.488 e. The predicted molar refractivity (Wildman–Crippen MR) is 84.3 cm³/mol. The molecule has 0 aromatic heterocycles. The molecular weight excluding hydrogens is 248 g/mol. The topological polar surface area (TPSA) is 24.5 Å². The summed E-state index contributed by atoms with van der Waals surface area (Å²) in [5.74, 6) is 0.955. The van der Waals surface area contributed by atoms with Crippen molar-refractivity contribution in [2.75, 3.05) is 26.2 Å². The molecule has 1 heterocycles. The van der Waals surface area contributed by atoms with Crippen molar-refractivity contribution in [2.45, 2.75) is 45.8 Å². The van der Waals surface area contributed by atoms with Gasteiger partial charge in [-0.15, -0.1) is 0 Å². The third-order valence-electron chi connectivity index (χ3n) is 3.67. The van der Waals surface area contributed by atoms with Gasteiger partial charge in [-0.3, -0.25) is 4.90 Å². The van der Waals surface area contributed by atoms with Crippen LogP contribution in [0.4, 0.5) is 0 Å². The number of nitrogens with one attached hydrogen (secondary N) is 1. The maximum atomic E-state index is 5.89. The molecule has 0 aliphatic carbocycles. The third kappa shape index (κ3) is 4.22. The van der Waals surface area contributed by atoms with Crippen molar-refractivity contribution in [3.63, 3.8) is 0 Å². The number of benzene rings is 1. The highest BCUT2D eigenvalue weighted by Crippen LogP contribution is 2.27. The predicted octanol–water partition coefficient (Wildman–Crippen LogP) is 3.22. The Balaban J connectivity index is 2.06. The van der Waals surface area contributed by atoms with Crippen molar-refractivity contribution >= 4 is 0 Å². The van der Waals surface area contributed by atoms with E-state index in [1.54, 1.807) is 0 Å². The fraction of sp³-hybridized carbons (Fsp3) is 0.647. The Morgan fingerprint density at radius 2 is 1.75 bits per heavy atom. The summed E-state index contributed by atoms with van der Waals surface area (Å²) >= 11 is 0. The highest BCUT2D eigenvalue weighted by molar-refractivity contribution is 5.29. The van der Waals surface area contributed by atoms with Crippen molar-refractivity contribution in [2.24, 2.45) is 0 Å². The Bertz CT molecular complexity index is 402. The van der Waals surface area contributed by atoms with Crippen molar-refractivity contribution in [3.8, 4) is 5.75 Å². The van der Waals surface area contributed by atoms with Gasteiger partial charge in [0.05, 0.1) is 0 Å². The Morgan fingerprint density at radius 3 is 2.25 bits per heavy atom. The number of piperazine rings is 1. The summed E-state index contributed by atoms with van der Waals surface area (Å²) in [5.41, 5.74) is 1.26. The summed E-state index contributed by atoms with van der Waals surface area (Å²) in [6.45, 7) is 13.0. The first kappa shape index (κ1) is 15.3. The fourth-order valence-electron chi connectivity index (χ4n) is 2.81. The summed E-state index contributed by atoms with van der Waals surface area (Å²) in [6, 6.07) is 9.17. The maximum Gasteiger partial charge on any atom is 0.120 e. The molecule has 3 heteroatoms. The van der Waals surface area contributed by atoms with Crippen molar-refractivity contribution < 1.29 is 4.74 Å². The van der Waals surface area contributed by atoms with Crippen LogP contribution >= 0.6 is 0 Å². The molecule has 20 heavy (non-hydrogen) atoms. The highest BCUT2D eigenvalue weighted by Gasteiger charge is 2.20. The summed E-state index contributed by atoms with van der Waals surface area (Å²) in [4.78, 5) is 2.58. The van der Waals surface area contributed by atoms with E-state index in [9.17, 15) is 0 Å². The fourth-order valence-corrected chi connectivity index (χ4v) is 2.81. The van der Waals surface area contributed by atoms with Crippen molar-refractivity contribution in [3.05, 3.63) is 29.8 Å². The van der Waals surface area contributed by atoms with Crippen LogP contribution in [0.25, 0.3) is 0 Å². The lowest BCUT2D eigenvalue weighted by Crippen LogP contribution is -2.45. The third-order valence-corrected chi connectivity index (χ3v) is 3.67. The zero-order valence-corrected chi connectivity index (χ0v) is 13.3. The Morgan fingerprint density at radius 1 is 1.15 bits per heavy atom. The molecule has 1 aliphatic rings. The van der Waals surface area contributed by atoms with Gasteiger partial charge in [-0.05, 0) is 44.9 Å². The van der Waals surface area contributed by atoms with Crippen LogP contribution in [-0.4, -0.2) is 36.7 Å². The summed E-state index contributed by atoms with van der Waals surface area (Å²) in [7, 11) is 0. The van der Waals surface area contributed by atoms with E-state index in [1.165, 1.54) is 5.56 Å². The monoisotopic (exact) mass is 276 g/mol. The lowest BCUT2D eigenvalue weighted by molar-refractivity contribution is 0.130. The quantitative estimate of drug-likeness (QED) is 0.914. The molecule has 0 radical (unpaired) electrons. The lowest BCUT2D eigenvalue weighted by Gasteiger charge is -2.34. The molecule has 0 unspecified atom stereocenters. The van der Waals surface area contributed by atoms with Crippen LogP contribution in [0, 0.1) is 0 Å². The first-order valence-corrected chi connectivity index (χ1v) is 7.73. The summed E-state index contributed by atoms with van der Waals surface area (Å²) in [5, 5.41) is 3.42. The molecule has 2 rings (SSSR count). The van der Waals surface area contributed by atoms with E-state index in [0.717, 1.165) is 38.3 Å². The Kier molecular flexibility index (Phi) is 5.06. The molecule has 1 aliphatic heterocycles. The van der Waals surface area contributed by atoms with Gasteiger partial charge in [-0.2, -0.15) is 0 Å². The minimum absolute atomic E-state index is 0.135. The number of hydrogen-bond donors (Lipinski definition) is 1. The number of nitrogens with zero attached hydrogens (tertiary/aromatic N) is 1. The molecule has 112 valence electrons. The van der Waals surface area contributed by atoms with Crippen LogP contribution in [0.5, 0.6) is 5.75 Å². The van der Waals surface area contributed by atoms with E-state index in [4.69, 9.17) is 4.74 Å². The van der Waals surface area contributed by atoms with Gasteiger partial charge in [0.25, 0.3) is 0 Å². The van der Waals surface area contributed by atoms with Crippen molar-refractivity contribution in [1.29, 1.82) is 0 Å². The van der Waals surface area contributed by atoms with Crippen molar-refractivity contribution in [1.82, 2.24) is 10.2 Å². The smallest absolute Gasteiger partial charge is 0.120 e. The summed E-state index contributed by atoms with van der Waals surface area (Å²) < 4.78 is 5.89. The minimum Gasteiger partial charge on any atom is -0.488 e. The molecule has 3 nitrogen and oxygen atoms in total. The van der Waals surface area contributed by atoms with Crippen LogP contribution < -0.4 is 10.1 Å². The van der Waals surface area contributed by atoms with Crippen LogP contribution in [0.3, 0.4) is 0 Å². The number of ether oxygens (including phenoxy) is 1. The van der Waals surface area contributed by atoms with Gasteiger partial charge in [0.2, 0.25) is 0 Å². The molecule has 1 aromatic carbocycles. The molecule has 0 bridgehead atoms. The van der Waals surface area contributed by atoms with Gasteiger partial charge in [-0.25, -0.2) is 0 Å². The molecule has 1 atom stereocenters. The second kappa shape index (κ2) is 6.59. The van der Waals surface area contributed by atoms with Gasteiger partial charge in [0.1, 0.15) is 11.4 Å². The van der Waals surface area contributed by atoms with Gasteiger partial charge in [0, 0.05) is 32.2 Å². The van der Waals surface area contributed by atoms with Gasteiger partial charge in [0.15, 0.2) is 0 Å². The summed E-state index contributed by atoms with van der Waals surface area (Å²) in [6.07, 6.45) is 1.15. The Hall–Kier alpha value is -1.06. The van der Waals surface area contributed by atoms with E-state index in [0.29, 0.717) is 6.04 Å². The molecule has 1 saturated heterocycles. The molecular formula is C17H28N2O. The second-order valence-electron chi connectivity index (χ2n) is 6.49. The highest BCUT2D eigenvalue weighted by atomic mass is 16.5. The zero-order chi connectivity index (χ0) is 14.6. The SMILES string of the molecule is CC[C@@H](c1ccc(OC(C)(C)C)cc1)N1CCNCC1. The normalized spacial score (nSPS) is 18.8. The van der Waals surface area contributed by atoms with Crippen LogP contribution in [0.1, 0.15) is 45.7 Å². The molecule has 1 aromatic rings. The van der Waals surface area contributed by atoms with Gasteiger partial charge >= 0.3 is 0 Å². The minimum atomic E-state index is -0.135. The average Bonchev–Trinajstić information content (AvgIpc) is 2.41. The number of rotatable bonds is 4. The molecule has 1 N–H and O–H groups in total. The standard InChI is InChI=1S/C17H28N2O/c1-5-16(19-12-10-18-11-13-19)14-6-8-15(9-7-14)20-17(2,3)4/h6-9,16,18H,5,10-13H2,1-4H3/t16-/m0/s1. The van der Waals surface area contributed by atoms with E-state index in [2.05, 4.69) is 62.2 Å². The number of hydrogen-bond acceptors (Lipinski definition) is 3. The van der Waals surface area contributed by atoms with E-state index in [-0.39, 0.29) is 5.60 Å². The first-order chi connectivity index (χ1) is 9.49. The average molecular weight is 276 g/mol. The Labute approximate surface area is 123 Å². The molecule has 0 saturated carbocycles.